The van der Waals surface area contributed by atoms with Crippen LogP contribution in [0.25, 0.3) is 0 Å². The van der Waals surface area contributed by atoms with Crippen LogP contribution in [0.5, 0.6) is 11.5 Å². The molecule has 7 nitrogen and oxygen atoms in total. The number of rotatable bonds is 9. The van der Waals surface area contributed by atoms with Gasteiger partial charge in [-0.25, -0.2) is 4.98 Å². The molecule has 0 amide bonds. The molecule has 7 heteroatoms. The van der Waals surface area contributed by atoms with E-state index in [2.05, 4.69) is 57.4 Å². The van der Waals surface area contributed by atoms with E-state index in [1.807, 2.05) is 30.6 Å². The second-order valence-corrected chi connectivity index (χ2v) is 7.33. The van der Waals surface area contributed by atoms with Crippen molar-refractivity contribution in [1.82, 2.24) is 20.2 Å². The van der Waals surface area contributed by atoms with Crippen molar-refractivity contribution in [1.29, 1.82) is 0 Å². The van der Waals surface area contributed by atoms with Gasteiger partial charge in [-0.05, 0) is 36.6 Å². The lowest BCUT2D eigenvalue weighted by atomic mass is 10.1. The molecular formula is C24H29N5O2. The molecule has 31 heavy (non-hydrogen) atoms. The highest BCUT2D eigenvalue weighted by atomic mass is 16.7. The number of aliphatic imine (C=N–C) groups is 1. The molecule has 1 aliphatic rings. The van der Waals surface area contributed by atoms with Crippen LogP contribution in [0, 0.1) is 0 Å². The second-order valence-electron chi connectivity index (χ2n) is 7.33. The maximum absolute atomic E-state index is 5.45. The quantitative estimate of drug-likeness (QED) is 0.412. The Morgan fingerprint density at radius 2 is 1.90 bits per heavy atom. The zero-order valence-electron chi connectivity index (χ0n) is 17.9. The van der Waals surface area contributed by atoms with E-state index < -0.39 is 0 Å². The minimum Gasteiger partial charge on any atom is -0.454 e. The Morgan fingerprint density at radius 3 is 2.77 bits per heavy atom. The van der Waals surface area contributed by atoms with Crippen LogP contribution in [0.15, 0.2) is 65.9 Å². The van der Waals surface area contributed by atoms with Gasteiger partial charge in [0.25, 0.3) is 0 Å². The van der Waals surface area contributed by atoms with Crippen LogP contribution in [0.4, 0.5) is 0 Å². The number of fused-ring (bicyclic) bond motifs is 1. The molecule has 3 aromatic rings. The molecule has 0 bridgehead atoms. The molecule has 4 rings (SSSR count). The van der Waals surface area contributed by atoms with Crippen LogP contribution in [-0.2, 0) is 19.4 Å². The highest BCUT2D eigenvalue weighted by Crippen LogP contribution is 2.32. The van der Waals surface area contributed by atoms with E-state index in [4.69, 9.17) is 14.5 Å². The second kappa shape index (κ2) is 10.5. The summed E-state index contributed by atoms with van der Waals surface area (Å²) < 4.78 is 13.0. The van der Waals surface area contributed by atoms with Crippen LogP contribution < -0.4 is 20.1 Å². The maximum Gasteiger partial charge on any atom is 0.231 e. The smallest absolute Gasteiger partial charge is 0.231 e. The topological polar surface area (TPSA) is 72.7 Å². The Kier molecular flexibility index (Phi) is 7.05. The summed E-state index contributed by atoms with van der Waals surface area (Å²) in [5, 5.41) is 6.72. The monoisotopic (exact) mass is 419 g/mol. The lowest BCUT2D eigenvalue weighted by molar-refractivity contribution is 0.174. The first kappa shape index (κ1) is 20.8. The van der Waals surface area contributed by atoms with Gasteiger partial charge >= 0.3 is 0 Å². The van der Waals surface area contributed by atoms with E-state index in [1.54, 1.807) is 0 Å². The van der Waals surface area contributed by atoms with Crippen LogP contribution in [-0.4, -0.2) is 41.9 Å². The van der Waals surface area contributed by atoms with E-state index in [0.717, 1.165) is 55.8 Å². The molecule has 162 valence electrons. The number of aromatic nitrogens is 2. The zero-order valence-corrected chi connectivity index (χ0v) is 17.9. The molecule has 0 spiro atoms. The van der Waals surface area contributed by atoms with Crippen molar-refractivity contribution in [2.75, 3.05) is 26.4 Å². The fourth-order valence-corrected chi connectivity index (χ4v) is 3.52. The van der Waals surface area contributed by atoms with Gasteiger partial charge in [0.2, 0.25) is 6.79 Å². The molecule has 1 aliphatic heterocycles. The molecule has 1 aromatic heterocycles. The third-order valence-corrected chi connectivity index (χ3v) is 5.09. The van der Waals surface area contributed by atoms with E-state index in [9.17, 15) is 0 Å². The molecule has 2 N–H and O–H groups in total. The molecule has 0 saturated heterocycles. The number of hydrogen-bond donors (Lipinski definition) is 2. The summed E-state index contributed by atoms with van der Waals surface area (Å²) in [7, 11) is 0. The molecule has 2 aromatic carbocycles. The normalized spacial score (nSPS) is 12.7. The Balaban J connectivity index is 1.28. The van der Waals surface area contributed by atoms with Gasteiger partial charge in [0, 0.05) is 45.0 Å². The van der Waals surface area contributed by atoms with E-state index >= 15 is 0 Å². The zero-order chi connectivity index (χ0) is 21.3. The third-order valence-electron chi connectivity index (χ3n) is 5.09. The fourth-order valence-electron chi connectivity index (χ4n) is 3.52. The molecule has 0 saturated carbocycles. The van der Waals surface area contributed by atoms with E-state index in [1.165, 1.54) is 11.1 Å². The van der Waals surface area contributed by atoms with Crippen molar-refractivity contribution in [3.05, 3.63) is 77.9 Å². The number of guanidine groups is 1. The molecule has 0 atom stereocenters. The Bertz CT molecular complexity index is 1000. The van der Waals surface area contributed by atoms with Crippen molar-refractivity contribution in [2.45, 2.75) is 26.3 Å². The highest BCUT2D eigenvalue weighted by Gasteiger charge is 2.13. The highest BCUT2D eigenvalue weighted by molar-refractivity contribution is 5.79. The van der Waals surface area contributed by atoms with Crippen LogP contribution in [0.1, 0.15) is 23.9 Å². The van der Waals surface area contributed by atoms with Gasteiger partial charge < -0.3 is 24.7 Å². The summed E-state index contributed by atoms with van der Waals surface area (Å²) in [5.74, 6) is 3.51. The Morgan fingerprint density at radius 1 is 1.03 bits per heavy atom. The summed E-state index contributed by atoms with van der Waals surface area (Å²) in [5.41, 5.74) is 2.47. The van der Waals surface area contributed by atoms with Crippen molar-refractivity contribution >= 4 is 5.96 Å². The Labute approximate surface area is 183 Å². The number of benzene rings is 2. The number of nitrogens with one attached hydrogen (secondary N) is 2. The SMILES string of the molecule is CCNC(=NCCc1nccn1Cc1ccccc1)NCCc1ccc2c(c1)OCO2. The van der Waals surface area contributed by atoms with Gasteiger partial charge in [0.1, 0.15) is 5.82 Å². The first-order chi connectivity index (χ1) is 15.3. The summed E-state index contributed by atoms with van der Waals surface area (Å²) in [6.45, 7) is 5.48. The summed E-state index contributed by atoms with van der Waals surface area (Å²) >= 11 is 0. The molecule has 0 unspecified atom stereocenters. The number of imidazole rings is 1. The predicted molar refractivity (Wildman–Crippen MR) is 122 cm³/mol. The summed E-state index contributed by atoms with van der Waals surface area (Å²) in [6.07, 6.45) is 5.55. The van der Waals surface area contributed by atoms with Crippen LogP contribution in [0.3, 0.4) is 0 Å². The van der Waals surface area contributed by atoms with Gasteiger partial charge in [-0.1, -0.05) is 36.4 Å². The first-order valence-electron chi connectivity index (χ1n) is 10.8. The largest absolute Gasteiger partial charge is 0.454 e. The average Bonchev–Trinajstić information content (AvgIpc) is 3.43. The molecule has 0 aliphatic carbocycles. The van der Waals surface area contributed by atoms with Gasteiger partial charge in [-0.15, -0.1) is 0 Å². The lowest BCUT2D eigenvalue weighted by Gasteiger charge is -2.12. The minimum atomic E-state index is 0.303. The first-order valence-corrected chi connectivity index (χ1v) is 10.8. The van der Waals surface area contributed by atoms with Crippen molar-refractivity contribution in [3.8, 4) is 11.5 Å². The van der Waals surface area contributed by atoms with E-state index in [0.29, 0.717) is 13.3 Å². The Hall–Kier alpha value is -3.48. The van der Waals surface area contributed by atoms with Gasteiger partial charge in [0.05, 0.1) is 0 Å². The van der Waals surface area contributed by atoms with Crippen LogP contribution >= 0.6 is 0 Å². The average molecular weight is 420 g/mol. The lowest BCUT2D eigenvalue weighted by Crippen LogP contribution is -2.38. The van der Waals surface area contributed by atoms with Crippen molar-refractivity contribution in [2.24, 2.45) is 4.99 Å². The van der Waals surface area contributed by atoms with Gasteiger partial charge in [-0.2, -0.15) is 0 Å². The molecule has 0 radical (unpaired) electrons. The van der Waals surface area contributed by atoms with Crippen molar-refractivity contribution in [3.63, 3.8) is 0 Å². The fraction of sp³-hybridized carbons (Fsp3) is 0.333. The molecular weight excluding hydrogens is 390 g/mol. The van der Waals surface area contributed by atoms with E-state index in [-0.39, 0.29) is 0 Å². The summed E-state index contributed by atoms with van der Waals surface area (Å²) in [4.78, 5) is 9.24. The number of ether oxygens (including phenoxy) is 2. The number of hydrogen-bond acceptors (Lipinski definition) is 4. The standard InChI is InChI=1S/C24H29N5O2/c1-2-25-24(27-12-10-19-8-9-21-22(16-19)31-18-30-21)28-13-11-23-26-14-15-29(23)17-20-6-4-3-5-7-20/h3-9,14-16H,2,10-13,17-18H2,1H3,(H2,25,27,28). The molecule has 2 heterocycles. The summed E-state index contributed by atoms with van der Waals surface area (Å²) in [6, 6.07) is 16.5. The van der Waals surface area contributed by atoms with Gasteiger partial charge in [-0.3, -0.25) is 4.99 Å². The minimum absolute atomic E-state index is 0.303. The van der Waals surface area contributed by atoms with Crippen molar-refractivity contribution < 1.29 is 9.47 Å². The maximum atomic E-state index is 5.45. The number of nitrogens with zero attached hydrogens (tertiary/aromatic N) is 3. The van der Waals surface area contributed by atoms with Crippen LogP contribution in [0.2, 0.25) is 0 Å². The van der Waals surface area contributed by atoms with Gasteiger partial charge in [0.15, 0.2) is 17.5 Å². The molecule has 0 fully saturated rings. The third kappa shape index (κ3) is 5.78. The predicted octanol–water partition coefficient (Wildman–Crippen LogP) is 3.00.